The van der Waals surface area contributed by atoms with E-state index in [1.807, 2.05) is 17.0 Å². The van der Waals surface area contributed by atoms with Crippen LogP contribution in [0.3, 0.4) is 0 Å². The van der Waals surface area contributed by atoms with E-state index in [-0.39, 0.29) is 23.8 Å². The van der Waals surface area contributed by atoms with Crippen LogP contribution in [0.2, 0.25) is 0 Å². The van der Waals surface area contributed by atoms with Gasteiger partial charge >= 0.3 is 0 Å². The molecular formula is C20H20N4O3. The summed E-state index contributed by atoms with van der Waals surface area (Å²) < 4.78 is 11.2. The van der Waals surface area contributed by atoms with Gasteiger partial charge < -0.3 is 14.2 Å². The van der Waals surface area contributed by atoms with E-state index in [0.29, 0.717) is 37.3 Å². The molecule has 3 aromatic rings. The fourth-order valence-corrected chi connectivity index (χ4v) is 4.07. The topological polar surface area (TPSA) is 71.7 Å². The largest absolute Gasteiger partial charge is 0.378 e. The van der Waals surface area contributed by atoms with Gasteiger partial charge in [-0.3, -0.25) is 9.69 Å². The molecule has 2 fully saturated rings. The molecule has 1 aromatic carbocycles. The van der Waals surface area contributed by atoms with Crippen LogP contribution in [-0.4, -0.2) is 64.7 Å². The minimum absolute atomic E-state index is 0.132. The molecular weight excluding hydrogens is 344 g/mol. The number of fused-ring (bicyclic) bond motifs is 2. The molecule has 27 heavy (non-hydrogen) atoms. The van der Waals surface area contributed by atoms with Crippen molar-refractivity contribution in [3.05, 3.63) is 60.0 Å². The summed E-state index contributed by atoms with van der Waals surface area (Å²) in [5.41, 5.74) is 1.72. The van der Waals surface area contributed by atoms with Crippen LogP contribution < -0.4 is 0 Å². The number of rotatable bonds is 2. The van der Waals surface area contributed by atoms with Gasteiger partial charge in [0.25, 0.3) is 5.91 Å². The third-order valence-corrected chi connectivity index (χ3v) is 5.44. The van der Waals surface area contributed by atoms with Crippen molar-refractivity contribution in [2.75, 3.05) is 32.8 Å². The van der Waals surface area contributed by atoms with E-state index in [9.17, 15) is 4.79 Å². The summed E-state index contributed by atoms with van der Waals surface area (Å²) in [6.45, 7) is 3.40. The lowest BCUT2D eigenvalue weighted by molar-refractivity contribution is -0.0773. The third kappa shape index (κ3) is 2.89. The average Bonchev–Trinajstić information content (AvgIpc) is 3.17. The fraction of sp³-hybridized carbons (Fsp3) is 0.350. The van der Waals surface area contributed by atoms with Crippen LogP contribution in [0.25, 0.3) is 11.0 Å². The first-order valence-corrected chi connectivity index (χ1v) is 9.19. The lowest BCUT2D eigenvalue weighted by Crippen LogP contribution is -2.60. The normalized spacial score (nSPS) is 23.3. The maximum absolute atomic E-state index is 13.0. The second-order valence-corrected chi connectivity index (χ2v) is 6.99. The summed E-state index contributed by atoms with van der Waals surface area (Å²) in [7, 11) is 0. The lowest BCUT2D eigenvalue weighted by atomic mass is 10.00. The zero-order chi connectivity index (χ0) is 18.2. The van der Waals surface area contributed by atoms with E-state index in [1.54, 1.807) is 12.3 Å². The molecule has 2 aliphatic heterocycles. The number of piperazine rings is 1. The highest BCUT2D eigenvalue weighted by atomic mass is 16.5. The van der Waals surface area contributed by atoms with Crippen LogP contribution >= 0.6 is 0 Å². The molecule has 2 saturated heterocycles. The van der Waals surface area contributed by atoms with E-state index in [4.69, 9.17) is 9.26 Å². The SMILES string of the molecule is O=C(c1onc2ncccc12)N1CCN2[C@@H](COC[C@@H]2c2ccccc2)C1. The Morgan fingerprint density at radius 1 is 1.07 bits per heavy atom. The van der Waals surface area contributed by atoms with Crippen LogP contribution in [0.1, 0.15) is 22.2 Å². The van der Waals surface area contributed by atoms with Gasteiger partial charge in [0, 0.05) is 25.8 Å². The molecule has 0 spiro atoms. The van der Waals surface area contributed by atoms with Crippen LogP contribution in [-0.2, 0) is 4.74 Å². The van der Waals surface area contributed by atoms with Crippen molar-refractivity contribution in [3.8, 4) is 0 Å². The molecule has 138 valence electrons. The molecule has 5 rings (SSSR count). The number of carbonyl (C=O) groups is 1. The van der Waals surface area contributed by atoms with Gasteiger partial charge in [0.2, 0.25) is 11.4 Å². The number of carbonyl (C=O) groups excluding carboxylic acids is 1. The minimum Gasteiger partial charge on any atom is -0.378 e. The minimum atomic E-state index is -0.132. The van der Waals surface area contributed by atoms with Crippen molar-refractivity contribution >= 4 is 16.9 Å². The van der Waals surface area contributed by atoms with Crippen molar-refractivity contribution in [1.29, 1.82) is 0 Å². The zero-order valence-electron chi connectivity index (χ0n) is 14.8. The quantitative estimate of drug-likeness (QED) is 0.694. The van der Waals surface area contributed by atoms with E-state index in [2.05, 4.69) is 39.3 Å². The van der Waals surface area contributed by atoms with Gasteiger partial charge in [-0.05, 0) is 17.7 Å². The number of hydrogen-bond donors (Lipinski definition) is 0. The summed E-state index contributed by atoms with van der Waals surface area (Å²) in [5, 5.41) is 4.56. The van der Waals surface area contributed by atoms with Gasteiger partial charge in [-0.1, -0.05) is 35.5 Å². The van der Waals surface area contributed by atoms with Crippen molar-refractivity contribution in [3.63, 3.8) is 0 Å². The van der Waals surface area contributed by atoms with Crippen LogP contribution in [0.15, 0.2) is 53.2 Å². The zero-order valence-corrected chi connectivity index (χ0v) is 14.8. The number of aromatic nitrogens is 2. The molecule has 2 atom stereocenters. The predicted molar refractivity (Wildman–Crippen MR) is 98.2 cm³/mol. The number of hydrogen-bond acceptors (Lipinski definition) is 6. The molecule has 0 saturated carbocycles. The monoisotopic (exact) mass is 364 g/mol. The Kier molecular flexibility index (Phi) is 4.10. The first kappa shape index (κ1) is 16.4. The second kappa shape index (κ2) is 6.75. The highest BCUT2D eigenvalue weighted by molar-refractivity contribution is 6.02. The highest BCUT2D eigenvalue weighted by Crippen LogP contribution is 2.30. The predicted octanol–water partition coefficient (Wildman–Crippen LogP) is 2.12. The Hall–Kier alpha value is -2.77. The van der Waals surface area contributed by atoms with E-state index in [0.717, 1.165) is 6.54 Å². The van der Waals surface area contributed by atoms with E-state index < -0.39 is 0 Å². The molecule has 0 radical (unpaired) electrons. The van der Waals surface area contributed by atoms with Crippen LogP contribution in [0, 0.1) is 0 Å². The van der Waals surface area contributed by atoms with E-state index >= 15 is 0 Å². The molecule has 2 aliphatic rings. The van der Waals surface area contributed by atoms with Gasteiger partial charge in [-0.2, -0.15) is 0 Å². The van der Waals surface area contributed by atoms with Gasteiger partial charge in [0.15, 0.2) is 0 Å². The average molecular weight is 364 g/mol. The Bertz CT molecular complexity index is 958. The van der Waals surface area contributed by atoms with Crippen LogP contribution in [0.5, 0.6) is 0 Å². The molecule has 0 N–H and O–H groups in total. The highest BCUT2D eigenvalue weighted by Gasteiger charge is 2.38. The number of pyridine rings is 1. The van der Waals surface area contributed by atoms with Gasteiger partial charge in [-0.25, -0.2) is 4.98 Å². The molecule has 0 bridgehead atoms. The van der Waals surface area contributed by atoms with Gasteiger partial charge in [0.1, 0.15) is 0 Å². The maximum atomic E-state index is 13.0. The molecule has 2 aromatic heterocycles. The summed E-state index contributed by atoms with van der Waals surface area (Å²) in [6, 6.07) is 14.4. The summed E-state index contributed by atoms with van der Waals surface area (Å²) >= 11 is 0. The summed E-state index contributed by atoms with van der Waals surface area (Å²) in [6.07, 6.45) is 1.64. The van der Waals surface area contributed by atoms with E-state index in [1.165, 1.54) is 5.56 Å². The number of amides is 1. The second-order valence-electron chi connectivity index (χ2n) is 6.99. The Balaban J connectivity index is 1.36. The van der Waals surface area contributed by atoms with Gasteiger partial charge in [0.05, 0.1) is 30.7 Å². The first-order chi connectivity index (χ1) is 13.3. The smallest absolute Gasteiger partial charge is 0.293 e. The number of benzene rings is 1. The van der Waals surface area contributed by atoms with Crippen LogP contribution in [0.4, 0.5) is 0 Å². The standard InChI is InChI=1S/C20H20N4O3/c25-20(18-16-7-4-8-21-19(16)22-27-18)23-9-10-24-15(11-23)12-26-13-17(24)14-5-2-1-3-6-14/h1-8,15,17H,9-13H2/t15-,17-/m1/s1. The van der Waals surface area contributed by atoms with Crippen molar-refractivity contribution in [2.24, 2.45) is 0 Å². The van der Waals surface area contributed by atoms with Crippen molar-refractivity contribution < 1.29 is 14.1 Å². The van der Waals surface area contributed by atoms with Crippen molar-refractivity contribution in [1.82, 2.24) is 19.9 Å². The maximum Gasteiger partial charge on any atom is 0.293 e. The Morgan fingerprint density at radius 2 is 1.96 bits per heavy atom. The molecule has 4 heterocycles. The lowest BCUT2D eigenvalue weighted by Gasteiger charge is -2.47. The summed E-state index contributed by atoms with van der Waals surface area (Å²) in [4.78, 5) is 21.4. The third-order valence-electron chi connectivity index (χ3n) is 5.44. The Labute approximate surface area is 156 Å². The first-order valence-electron chi connectivity index (χ1n) is 9.19. The Morgan fingerprint density at radius 3 is 2.85 bits per heavy atom. The molecule has 1 amide bonds. The number of morpholine rings is 1. The summed E-state index contributed by atoms with van der Waals surface area (Å²) in [5.74, 6) is 0.134. The van der Waals surface area contributed by atoms with Crippen molar-refractivity contribution in [2.45, 2.75) is 12.1 Å². The fourth-order valence-electron chi connectivity index (χ4n) is 4.07. The number of nitrogens with zero attached hydrogens (tertiary/aromatic N) is 4. The molecule has 0 aliphatic carbocycles. The molecule has 7 nitrogen and oxygen atoms in total. The number of ether oxygens (including phenoxy) is 1. The molecule has 0 unspecified atom stereocenters. The molecule has 7 heteroatoms. The van der Waals surface area contributed by atoms with Gasteiger partial charge in [-0.15, -0.1) is 0 Å².